The van der Waals surface area contributed by atoms with Gasteiger partial charge < -0.3 is 20.0 Å². The van der Waals surface area contributed by atoms with Crippen LogP contribution >= 0.6 is 0 Å². The van der Waals surface area contributed by atoms with Gasteiger partial charge >= 0.3 is 6.03 Å². The van der Waals surface area contributed by atoms with E-state index in [0.29, 0.717) is 6.54 Å². The van der Waals surface area contributed by atoms with E-state index < -0.39 is 0 Å². The van der Waals surface area contributed by atoms with Crippen molar-refractivity contribution in [3.8, 4) is 0 Å². The summed E-state index contributed by atoms with van der Waals surface area (Å²) in [6.07, 6.45) is 0. The van der Waals surface area contributed by atoms with Crippen LogP contribution in [0.1, 0.15) is 25.4 Å². The molecule has 1 aromatic rings. The van der Waals surface area contributed by atoms with Crippen LogP contribution in [0.2, 0.25) is 0 Å². The third-order valence-electron chi connectivity index (χ3n) is 3.49. The topological polar surface area (TPSA) is 57.5 Å². The second-order valence-electron chi connectivity index (χ2n) is 5.69. The minimum Gasteiger partial charge on any atom is -0.466 e. The summed E-state index contributed by atoms with van der Waals surface area (Å²) in [4.78, 5) is 13.9. The summed E-state index contributed by atoms with van der Waals surface area (Å²) in [7, 11) is 0. The van der Waals surface area contributed by atoms with E-state index in [-0.39, 0.29) is 11.4 Å². The SMILES string of the molecule is Cc1ccc(C(C)(C)CNC(=O)N2CCNCC2)o1. The van der Waals surface area contributed by atoms with Gasteiger partial charge in [-0.3, -0.25) is 0 Å². The Bertz CT molecular complexity index is 434. The zero-order valence-corrected chi connectivity index (χ0v) is 12.0. The standard InChI is InChI=1S/C14H23N3O2/c1-11-4-5-12(19-11)14(2,3)10-16-13(18)17-8-6-15-7-9-17/h4-5,15H,6-10H2,1-3H3,(H,16,18). The Morgan fingerprint density at radius 2 is 2.11 bits per heavy atom. The average molecular weight is 265 g/mol. The maximum absolute atomic E-state index is 12.0. The molecular weight excluding hydrogens is 242 g/mol. The fourth-order valence-electron chi connectivity index (χ4n) is 2.16. The number of urea groups is 1. The molecule has 1 fully saturated rings. The van der Waals surface area contributed by atoms with Crippen molar-refractivity contribution >= 4 is 6.03 Å². The van der Waals surface area contributed by atoms with Crippen LogP contribution in [-0.2, 0) is 5.41 Å². The number of hydrogen-bond donors (Lipinski definition) is 2. The van der Waals surface area contributed by atoms with Gasteiger partial charge in [-0.1, -0.05) is 13.8 Å². The third-order valence-corrected chi connectivity index (χ3v) is 3.49. The molecule has 1 aliphatic heterocycles. The lowest BCUT2D eigenvalue weighted by Gasteiger charge is -2.29. The molecule has 0 aromatic carbocycles. The molecule has 0 spiro atoms. The van der Waals surface area contributed by atoms with Gasteiger partial charge in [0.15, 0.2) is 0 Å². The minimum absolute atomic E-state index is 0.0119. The zero-order chi connectivity index (χ0) is 13.9. The van der Waals surface area contributed by atoms with Crippen LogP contribution in [0.3, 0.4) is 0 Å². The normalized spacial score (nSPS) is 16.5. The van der Waals surface area contributed by atoms with Gasteiger partial charge in [0.25, 0.3) is 0 Å². The molecule has 19 heavy (non-hydrogen) atoms. The van der Waals surface area contributed by atoms with Crippen LogP contribution < -0.4 is 10.6 Å². The number of piperazine rings is 1. The van der Waals surface area contributed by atoms with Crippen molar-refractivity contribution in [3.63, 3.8) is 0 Å². The Kier molecular flexibility index (Phi) is 4.14. The van der Waals surface area contributed by atoms with Crippen LogP contribution in [0.5, 0.6) is 0 Å². The highest BCUT2D eigenvalue weighted by molar-refractivity contribution is 5.74. The van der Waals surface area contributed by atoms with Crippen LogP contribution in [0, 0.1) is 6.92 Å². The molecule has 2 heterocycles. The molecular formula is C14H23N3O2. The van der Waals surface area contributed by atoms with Crippen molar-refractivity contribution < 1.29 is 9.21 Å². The van der Waals surface area contributed by atoms with Crippen LogP contribution in [0.4, 0.5) is 4.79 Å². The molecule has 2 N–H and O–H groups in total. The molecule has 2 rings (SSSR count). The van der Waals surface area contributed by atoms with Gasteiger partial charge in [0, 0.05) is 38.1 Å². The van der Waals surface area contributed by atoms with Crippen molar-refractivity contribution in [2.75, 3.05) is 32.7 Å². The number of amides is 2. The van der Waals surface area contributed by atoms with E-state index in [2.05, 4.69) is 24.5 Å². The van der Waals surface area contributed by atoms with Crippen molar-refractivity contribution in [1.82, 2.24) is 15.5 Å². The summed E-state index contributed by atoms with van der Waals surface area (Å²) in [5.41, 5.74) is -0.196. The number of hydrogen-bond acceptors (Lipinski definition) is 3. The highest BCUT2D eigenvalue weighted by atomic mass is 16.3. The predicted octanol–water partition coefficient (Wildman–Crippen LogP) is 1.48. The van der Waals surface area contributed by atoms with E-state index in [4.69, 9.17) is 4.42 Å². The van der Waals surface area contributed by atoms with E-state index in [1.165, 1.54) is 0 Å². The summed E-state index contributed by atoms with van der Waals surface area (Å²) < 4.78 is 5.65. The van der Waals surface area contributed by atoms with Gasteiger partial charge in [-0.25, -0.2) is 4.79 Å². The smallest absolute Gasteiger partial charge is 0.317 e. The maximum Gasteiger partial charge on any atom is 0.317 e. The van der Waals surface area contributed by atoms with E-state index in [9.17, 15) is 4.79 Å². The second kappa shape index (κ2) is 5.65. The zero-order valence-electron chi connectivity index (χ0n) is 12.0. The molecule has 1 aromatic heterocycles. The molecule has 0 radical (unpaired) electrons. The molecule has 1 aliphatic rings. The molecule has 0 unspecified atom stereocenters. The van der Waals surface area contributed by atoms with Crippen molar-refractivity contribution in [2.45, 2.75) is 26.2 Å². The van der Waals surface area contributed by atoms with Gasteiger partial charge in [-0.05, 0) is 19.1 Å². The Morgan fingerprint density at radius 1 is 1.42 bits per heavy atom. The fourth-order valence-corrected chi connectivity index (χ4v) is 2.16. The summed E-state index contributed by atoms with van der Waals surface area (Å²) in [5.74, 6) is 1.81. The number of carbonyl (C=O) groups is 1. The lowest BCUT2D eigenvalue weighted by Crippen LogP contribution is -2.51. The van der Waals surface area contributed by atoms with Crippen molar-refractivity contribution in [1.29, 1.82) is 0 Å². The van der Waals surface area contributed by atoms with Crippen LogP contribution in [0.25, 0.3) is 0 Å². The average Bonchev–Trinajstić information content (AvgIpc) is 2.85. The quantitative estimate of drug-likeness (QED) is 0.870. The molecule has 5 heteroatoms. The lowest BCUT2D eigenvalue weighted by molar-refractivity contribution is 0.187. The predicted molar refractivity (Wildman–Crippen MR) is 74.3 cm³/mol. The molecule has 106 valence electrons. The molecule has 0 aliphatic carbocycles. The number of rotatable bonds is 3. The Balaban J connectivity index is 1.88. The summed E-state index contributed by atoms with van der Waals surface area (Å²) >= 11 is 0. The fraction of sp³-hybridized carbons (Fsp3) is 0.643. The molecule has 2 amide bonds. The number of nitrogens with zero attached hydrogens (tertiary/aromatic N) is 1. The van der Waals surface area contributed by atoms with E-state index in [0.717, 1.165) is 37.7 Å². The van der Waals surface area contributed by atoms with E-state index in [1.807, 2.05) is 24.0 Å². The number of nitrogens with one attached hydrogen (secondary N) is 2. The van der Waals surface area contributed by atoms with Gasteiger partial charge in [0.2, 0.25) is 0 Å². The van der Waals surface area contributed by atoms with Gasteiger partial charge in [0.1, 0.15) is 11.5 Å². The molecule has 0 atom stereocenters. The molecule has 5 nitrogen and oxygen atoms in total. The monoisotopic (exact) mass is 265 g/mol. The summed E-state index contributed by atoms with van der Waals surface area (Å²) in [5, 5.41) is 6.23. The first-order valence-corrected chi connectivity index (χ1v) is 6.79. The number of furan rings is 1. The van der Waals surface area contributed by atoms with E-state index in [1.54, 1.807) is 0 Å². The van der Waals surface area contributed by atoms with Crippen molar-refractivity contribution in [3.05, 3.63) is 23.7 Å². The molecule has 0 bridgehead atoms. The van der Waals surface area contributed by atoms with Crippen LogP contribution in [0.15, 0.2) is 16.5 Å². The van der Waals surface area contributed by atoms with E-state index >= 15 is 0 Å². The summed E-state index contributed by atoms with van der Waals surface area (Å²) in [6.45, 7) is 9.93. The summed E-state index contributed by atoms with van der Waals surface area (Å²) in [6, 6.07) is 3.94. The van der Waals surface area contributed by atoms with Crippen LogP contribution in [-0.4, -0.2) is 43.7 Å². The first-order chi connectivity index (χ1) is 8.99. The Labute approximate surface area is 114 Å². The largest absolute Gasteiger partial charge is 0.466 e. The van der Waals surface area contributed by atoms with Crippen molar-refractivity contribution in [2.24, 2.45) is 0 Å². The first kappa shape index (κ1) is 13.9. The van der Waals surface area contributed by atoms with Gasteiger partial charge in [-0.15, -0.1) is 0 Å². The number of aryl methyl sites for hydroxylation is 1. The Morgan fingerprint density at radius 3 is 2.68 bits per heavy atom. The second-order valence-corrected chi connectivity index (χ2v) is 5.69. The van der Waals surface area contributed by atoms with Gasteiger partial charge in [-0.2, -0.15) is 0 Å². The highest BCUT2D eigenvalue weighted by Gasteiger charge is 2.26. The first-order valence-electron chi connectivity index (χ1n) is 6.79. The molecule has 1 saturated heterocycles. The Hall–Kier alpha value is -1.49. The highest BCUT2D eigenvalue weighted by Crippen LogP contribution is 2.24. The number of carbonyl (C=O) groups excluding carboxylic acids is 1. The minimum atomic E-state index is -0.196. The lowest BCUT2D eigenvalue weighted by atomic mass is 9.90. The maximum atomic E-state index is 12.0. The third kappa shape index (κ3) is 3.50. The molecule has 0 saturated carbocycles. The van der Waals surface area contributed by atoms with Gasteiger partial charge in [0.05, 0.1) is 0 Å².